The number of fused-ring (bicyclic) bond motifs is 1. The van der Waals surface area contributed by atoms with Crippen molar-refractivity contribution in [2.75, 3.05) is 25.2 Å². The summed E-state index contributed by atoms with van der Waals surface area (Å²) in [6, 6.07) is 18.6. The molecule has 0 saturated heterocycles. The first-order valence-electron chi connectivity index (χ1n) is 12.3. The number of aromatic hydroxyl groups is 1. The summed E-state index contributed by atoms with van der Waals surface area (Å²) in [6.45, 7) is 4.49. The van der Waals surface area contributed by atoms with Crippen molar-refractivity contribution in [3.63, 3.8) is 0 Å². The molecule has 0 bridgehead atoms. The fraction of sp³-hybridized carbons (Fsp3) is 0.207. The SMILES string of the molecule is CCOC(=O)c1ccc(N2C(=O)c3[nH]nc(-c4ccc(OCC)cc4)c3C2c2ccc(O)c(OC)c2)cc1. The molecule has 2 N–H and O–H groups in total. The van der Waals surface area contributed by atoms with Gasteiger partial charge in [0.15, 0.2) is 11.5 Å². The molecule has 1 aliphatic rings. The topological polar surface area (TPSA) is 114 Å². The highest BCUT2D eigenvalue weighted by Crippen LogP contribution is 2.46. The van der Waals surface area contributed by atoms with Crippen molar-refractivity contribution >= 4 is 17.6 Å². The number of esters is 1. The first-order valence-corrected chi connectivity index (χ1v) is 12.3. The molecule has 2 heterocycles. The van der Waals surface area contributed by atoms with E-state index < -0.39 is 12.0 Å². The fourth-order valence-electron chi connectivity index (χ4n) is 4.66. The Bertz CT molecular complexity index is 1480. The number of methoxy groups -OCH3 is 1. The average molecular weight is 514 g/mol. The number of rotatable bonds is 8. The number of aromatic amines is 1. The molecule has 0 aliphatic carbocycles. The van der Waals surface area contributed by atoms with Gasteiger partial charge in [-0.1, -0.05) is 6.07 Å². The highest BCUT2D eigenvalue weighted by Gasteiger charge is 2.43. The number of carbonyl (C=O) groups excluding carboxylic acids is 2. The van der Waals surface area contributed by atoms with Crippen LogP contribution in [0.3, 0.4) is 0 Å². The van der Waals surface area contributed by atoms with Gasteiger partial charge in [-0.2, -0.15) is 5.10 Å². The molecule has 9 heteroatoms. The van der Waals surface area contributed by atoms with E-state index in [-0.39, 0.29) is 24.0 Å². The van der Waals surface area contributed by atoms with Crippen molar-refractivity contribution in [1.82, 2.24) is 10.2 Å². The Balaban J connectivity index is 1.63. The van der Waals surface area contributed by atoms with Crippen LogP contribution in [0.2, 0.25) is 0 Å². The molecule has 1 atom stereocenters. The van der Waals surface area contributed by atoms with Gasteiger partial charge in [-0.3, -0.25) is 14.8 Å². The second kappa shape index (κ2) is 10.3. The van der Waals surface area contributed by atoms with E-state index in [9.17, 15) is 14.7 Å². The van der Waals surface area contributed by atoms with Crippen LogP contribution in [0.25, 0.3) is 11.3 Å². The van der Waals surface area contributed by atoms with E-state index in [0.717, 1.165) is 16.9 Å². The lowest BCUT2D eigenvalue weighted by molar-refractivity contribution is 0.0526. The summed E-state index contributed by atoms with van der Waals surface area (Å²) >= 11 is 0. The van der Waals surface area contributed by atoms with Gasteiger partial charge in [0.25, 0.3) is 5.91 Å². The number of benzene rings is 3. The van der Waals surface area contributed by atoms with E-state index in [1.165, 1.54) is 13.2 Å². The molecule has 194 valence electrons. The molecule has 1 amide bonds. The monoisotopic (exact) mass is 513 g/mol. The minimum absolute atomic E-state index is 0.00920. The van der Waals surface area contributed by atoms with Crippen molar-refractivity contribution in [2.45, 2.75) is 19.9 Å². The summed E-state index contributed by atoms with van der Waals surface area (Å²) in [6.07, 6.45) is 0. The predicted molar refractivity (Wildman–Crippen MR) is 141 cm³/mol. The number of hydrogen-bond acceptors (Lipinski definition) is 7. The molecule has 0 fully saturated rings. The quantitative estimate of drug-likeness (QED) is 0.315. The third-order valence-corrected chi connectivity index (χ3v) is 6.38. The van der Waals surface area contributed by atoms with E-state index in [4.69, 9.17) is 14.2 Å². The number of phenols is 1. The largest absolute Gasteiger partial charge is 0.504 e. The van der Waals surface area contributed by atoms with Gasteiger partial charge in [0.2, 0.25) is 0 Å². The van der Waals surface area contributed by atoms with Gasteiger partial charge in [0.1, 0.15) is 11.4 Å². The molecule has 0 saturated carbocycles. The smallest absolute Gasteiger partial charge is 0.338 e. The van der Waals surface area contributed by atoms with Crippen molar-refractivity contribution in [2.24, 2.45) is 0 Å². The van der Waals surface area contributed by atoms with Gasteiger partial charge in [-0.15, -0.1) is 0 Å². The molecule has 5 rings (SSSR count). The molecule has 4 aromatic rings. The minimum Gasteiger partial charge on any atom is -0.504 e. The van der Waals surface area contributed by atoms with E-state index in [2.05, 4.69) is 10.2 Å². The third kappa shape index (κ3) is 4.32. The second-order valence-electron chi connectivity index (χ2n) is 8.59. The summed E-state index contributed by atoms with van der Waals surface area (Å²) in [5.74, 6) is 0.310. The van der Waals surface area contributed by atoms with E-state index in [0.29, 0.717) is 34.8 Å². The van der Waals surface area contributed by atoms with E-state index in [1.807, 2.05) is 31.2 Å². The first kappa shape index (κ1) is 24.9. The molecular formula is C29H27N3O6. The molecular weight excluding hydrogens is 486 g/mol. The van der Waals surface area contributed by atoms with Gasteiger partial charge in [-0.05, 0) is 80.1 Å². The van der Waals surface area contributed by atoms with Crippen LogP contribution in [0.5, 0.6) is 17.2 Å². The van der Waals surface area contributed by atoms with Crippen LogP contribution in [0.15, 0.2) is 66.7 Å². The zero-order valence-electron chi connectivity index (χ0n) is 21.2. The van der Waals surface area contributed by atoms with Gasteiger partial charge in [0, 0.05) is 16.8 Å². The zero-order chi connectivity index (χ0) is 26.8. The second-order valence-corrected chi connectivity index (χ2v) is 8.59. The molecule has 0 radical (unpaired) electrons. The van der Waals surface area contributed by atoms with E-state index in [1.54, 1.807) is 48.2 Å². The predicted octanol–water partition coefficient (Wildman–Crippen LogP) is 5.12. The Labute approximate surface area is 219 Å². The molecule has 1 unspecified atom stereocenters. The number of hydrogen-bond donors (Lipinski definition) is 2. The Hall–Kier alpha value is -4.79. The maximum Gasteiger partial charge on any atom is 0.338 e. The number of ether oxygens (including phenoxy) is 3. The van der Waals surface area contributed by atoms with Crippen LogP contribution in [-0.2, 0) is 4.74 Å². The average Bonchev–Trinajstić information content (AvgIpc) is 3.49. The lowest BCUT2D eigenvalue weighted by Crippen LogP contribution is -2.29. The number of aromatic nitrogens is 2. The maximum atomic E-state index is 13.8. The summed E-state index contributed by atoms with van der Waals surface area (Å²) in [7, 11) is 1.47. The Morgan fingerprint density at radius 3 is 2.42 bits per heavy atom. The highest BCUT2D eigenvalue weighted by molar-refractivity contribution is 6.12. The molecule has 9 nitrogen and oxygen atoms in total. The van der Waals surface area contributed by atoms with Crippen LogP contribution in [0.1, 0.15) is 51.9 Å². The molecule has 1 aliphatic heterocycles. The first-order chi connectivity index (χ1) is 18.5. The summed E-state index contributed by atoms with van der Waals surface area (Å²) in [4.78, 5) is 27.6. The van der Waals surface area contributed by atoms with Crippen molar-refractivity contribution in [3.05, 3.63) is 89.1 Å². The molecule has 0 spiro atoms. The van der Waals surface area contributed by atoms with Crippen molar-refractivity contribution < 1.29 is 28.9 Å². The number of carbonyl (C=O) groups is 2. The number of amides is 1. The normalized spacial score (nSPS) is 14.3. The summed E-state index contributed by atoms with van der Waals surface area (Å²) in [5.41, 5.74) is 4.19. The third-order valence-electron chi connectivity index (χ3n) is 6.38. The van der Waals surface area contributed by atoms with Gasteiger partial charge >= 0.3 is 5.97 Å². The van der Waals surface area contributed by atoms with Crippen LogP contribution in [0.4, 0.5) is 5.69 Å². The number of phenolic OH excluding ortho intramolecular Hbond substituents is 1. The van der Waals surface area contributed by atoms with Crippen LogP contribution >= 0.6 is 0 Å². The number of H-pyrrole nitrogens is 1. The Morgan fingerprint density at radius 1 is 1.03 bits per heavy atom. The fourth-order valence-corrected chi connectivity index (χ4v) is 4.66. The number of anilines is 1. The Morgan fingerprint density at radius 2 is 1.76 bits per heavy atom. The lowest BCUT2D eigenvalue weighted by Gasteiger charge is -2.27. The number of nitrogens with zero attached hydrogens (tertiary/aromatic N) is 2. The van der Waals surface area contributed by atoms with Crippen molar-refractivity contribution in [3.8, 4) is 28.5 Å². The zero-order valence-corrected chi connectivity index (χ0v) is 21.2. The highest BCUT2D eigenvalue weighted by atomic mass is 16.5. The van der Waals surface area contributed by atoms with Crippen LogP contribution < -0.4 is 14.4 Å². The summed E-state index contributed by atoms with van der Waals surface area (Å²) in [5, 5.41) is 17.7. The van der Waals surface area contributed by atoms with E-state index >= 15 is 0 Å². The Kier molecular flexibility index (Phi) is 6.74. The number of nitrogens with one attached hydrogen (secondary N) is 1. The lowest BCUT2D eigenvalue weighted by atomic mass is 9.95. The standard InChI is InChI=1S/C29H27N3O6/c1-4-37-21-13-8-17(9-14-21)25-24-26(31-30-25)28(34)32(20-11-6-18(7-12-20)29(35)38-5-2)27(24)19-10-15-22(33)23(16-19)36-3/h6-16,27,33H,4-5H2,1-3H3,(H,30,31). The molecule has 3 aromatic carbocycles. The van der Waals surface area contributed by atoms with Gasteiger partial charge in [-0.25, -0.2) is 4.79 Å². The van der Waals surface area contributed by atoms with Crippen LogP contribution in [0, 0.1) is 0 Å². The maximum absolute atomic E-state index is 13.8. The van der Waals surface area contributed by atoms with Crippen LogP contribution in [-0.4, -0.2) is 47.5 Å². The summed E-state index contributed by atoms with van der Waals surface area (Å²) < 4.78 is 16.0. The molecule has 38 heavy (non-hydrogen) atoms. The molecule has 1 aromatic heterocycles. The van der Waals surface area contributed by atoms with Gasteiger partial charge < -0.3 is 19.3 Å². The minimum atomic E-state index is -0.583. The van der Waals surface area contributed by atoms with Crippen molar-refractivity contribution in [1.29, 1.82) is 0 Å². The van der Waals surface area contributed by atoms with Gasteiger partial charge in [0.05, 0.1) is 37.6 Å².